The third-order valence-corrected chi connectivity index (χ3v) is 5.75. The zero-order valence-electron chi connectivity index (χ0n) is 11.8. The van der Waals surface area contributed by atoms with Crippen molar-refractivity contribution >= 4 is 15.7 Å². The van der Waals surface area contributed by atoms with E-state index in [1.807, 2.05) is 6.07 Å². The van der Waals surface area contributed by atoms with Crippen molar-refractivity contribution in [1.29, 1.82) is 0 Å². The smallest absolute Gasteiger partial charge is 0.245 e. The lowest BCUT2D eigenvalue weighted by Gasteiger charge is -2.30. The van der Waals surface area contributed by atoms with Gasteiger partial charge < -0.3 is 4.90 Å². The zero-order valence-corrected chi connectivity index (χ0v) is 12.6. The van der Waals surface area contributed by atoms with Gasteiger partial charge in [0.15, 0.2) is 15.1 Å². The number of likely N-dealkylation sites (tertiary alicyclic amines) is 1. The lowest BCUT2D eigenvalue weighted by molar-refractivity contribution is -0.131. The molecule has 0 N–H and O–H groups in total. The Kier molecular flexibility index (Phi) is 4.81. The Morgan fingerprint density at radius 1 is 1.15 bits per heavy atom. The monoisotopic (exact) mass is 295 g/mol. The third kappa shape index (κ3) is 3.20. The minimum absolute atomic E-state index is 0.0217. The van der Waals surface area contributed by atoms with Crippen molar-refractivity contribution in [2.75, 3.05) is 18.8 Å². The first-order valence-electron chi connectivity index (χ1n) is 7.11. The number of hydrogen-bond acceptors (Lipinski definition) is 3. The molecule has 0 saturated carbocycles. The second-order valence-electron chi connectivity index (χ2n) is 5.13. The second-order valence-corrected chi connectivity index (χ2v) is 7.50. The van der Waals surface area contributed by atoms with Crippen LogP contribution in [0.2, 0.25) is 0 Å². The number of benzene rings is 1. The minimum atomic E-state index is -3.45. The van der Waals surface area contributed by atoms with Gasteiger partial charge in [-0.25, -0.2) is 8.42 Å². The summed E-state index contributed by atoms with van der Waals surface area (Å²) in [6, 6.07) is 8.82. The van der Waals surface area contributed by atoms with Gasteiger partial charge in [-0.1, -0.05) is 37.3 Å². The Morgan fingerprint density at radius 2 is 1.75 bits per heavy atom. The van der Waals surface area contributed by atoms with Crippen LogP contribution in [0.3, 0.4) is 0 Å². The van der Waals surface area contributed by atoms with Crippen molar-refractivity contribution in [3.63, 3.8) is 0 Å². The van der Waals surface area contributed by atoms with Gasteiger partial charge in [0.25, 0.3) is 0 Å². The Morgan fingerprint density at radius 3 is 2.30 bits per heavy atom. The van der Waals surface area contributed by atoms with Crippen LogP contribution in [0.4, 0.5) is 0 Å². The van der Waals surface area contributed by atoms with Gasteiger partial charge in [0, 0.05) is 18.8 Å². The zero-order chi connectivity index (χ0) is 14.6. The maximum Gasteiger partial charge on any atom is 0.245 e. The maximum atomic E-state index is 12.7. The minimum Gasteiger partial charge on any atom is -0.341 e. The van der Waals surface area contributed by atoms with Gasteiger partial charge in [-0.05, 0) is 24.8 Å². The van der Waals surface area contributed by atoms with Crippen molar-refractivity contribution in [1.82, 2.24) is 4.90 Å². The van der Waals surface area contributed by atoms with Gasteiger partial charge in [0.05, 0.1) is 0 Å². The number of carbonyl (C=O) groups is 1. The predicted molar refractivity (Wildman–Crippen MR) is 79.1 cm³/mol. The van der Waals surface area contributed by atoms with Crippen LogP contribution < -0.4 is 0 Å². The summed E-state index contributed by atoms with van der Waals surface area (Å²) in [5.41, 5.74) is 0.574. The molecule has 1 amide bonds. The van der Waals surface area contributed by atoms with E-state index in [-0.39, 0.29) is 11.7 Å². The highest BCUT2D eigenvalue weighted by atomic mass is 32.2. The summed E-state index contributed by atoms with van der Waals surface area (Å²) in [7, 11) is -3.45. The summed E-state index contributed by atoms with van der Waals surface area (Å²) < 4.78 is 24.7. The SMILES string of the molecule is CCS(=O)(=O)[C@H](C(=O)N1CCCCC1)c1ccccc1. The van der Waals surface area contributed by atoms with Crippen LogP contribution in [0.15, 0.2) is 30.3 Å². The van der Waals surface area contributed by atoms with Gasteiger partial charge in [-0.2, -0.15) is 0 Å². The number of carbonyl (C=O) groups excluding carboxylic acids is 1. The molecule has 1 atom stereocenters. The largest absolute Gasteiger partial charge is 0.341 e. The molecule has 1 heterocycles. The average molecular weight is 295 g/mol. The molecule has 0 spiro atoms. The van der Waals surface area contributed by atoms with Crippen LogP contribution in [0.5, 0.6) is 0 Å². The first kappa shape index (κ1) is 15.0. The van der Waals surface area contributed by atoms with E-state index in [2.05, 4.69) is 0 Å². The highest BCUT2D eigenvalue weighted by Gasteiger charge is 2.36. The average Bonchev–Trinajstić information content (AvgIpc) is 2.49. The standard InChI is InChI=1S/C15H21NO3S/c1-2-20(18,19)14(13-9-5-3-6-10-13)15(17)16-11-7-4-8-12-16/h3,5-6,9-10,14H,2,4,7-8,11-12H2,1H3/t14-/m0/s1. The van der Waals surface area contributed by atoms with E-state index in [1.54, 1.807) is 36.1 Å². The number of sulfone groups is 1. The van der Waals surface area contributed by atoms with Crippen LogP contribution in [0, 0.1) is 0 Å². The van der Waals surface area contributed by atoms with Crippen molar-refractivity contribution in [2.24, 2.45) is 0 Å². The number of rotatable bonds is 4. The second kappa shape index (κ2) is 6.39. The van der Waals surface area contributed by atoms with E-state index in [0.717, 1.165) is 19.3 Å². The van der Waals surface area contributed by atoms with E-state index in [4.69, 9.17) is 0 Å². The van der Waals surface area contributed by atoms with Gasteiger partial charge >= 0.3 is 0 Å². The summed E-state index contributed by atoms with van der Waals surface area (Å²) in [6.45, 7) is 2.93. The molecule has 1 saturated heterocycles. The molecule has 4 nitrogen and oxygen atoms in total. The van der Waals surface area contributed by atoms with E-state index in [1.165, 1.54) is 0 Å². The summed E-state index contributed by atoms with van der Waals surface area (Å²) in [6.07, 6.45) is 3.03. The molecule has 0 aromatic heterocycles. The molecule has 2 rings (SSSR count). The third-order valence-electron chi connectivity index (χ3n) is 3.76. The fraction of sp³-hybridized carbons (Fsp3) is 0.533. The Hall–Kier alpha value is -1.36. The van der Waals surface area contributed by atoms with Gasteiger partial charge in [0.1, 0.15) is 0 Å². The summed E-state index contributed by atoms with van der Waals surface area (Å²) in [5.74, 6) is -0.288. The van der Waals surface area contributed by atoms with Crippen molar-refractivity contribution in [2.45, 2.75) is 31.4 Å². The molecule has 1 aliphatic heterocycles. The number of hydrogen-bond donors (Lipinski definition) is 0. The van der Waals surface area contributed by atoms with Gasteiger partial charge in [0.2, 0.25) is 5.91 Å². The molecule has 1 fully saturated rings. The van der Waals surface area contributed by atoms with Crippen molar-refractivity contribution in [3.05, 3.63) is 35.9 Å². The number of nitrogens with zero attached hydrogens (tertiary/aromatic N) is 1. The van der Waals surface area contributed by atoms with Gasteiger partial charge in [-0.15, -0.1) is 0 Å². The molecular formula is C15H21NO3S. The summed E-state index contributed by atoms with van der Waals surface area (Å²) >= 11 is 0. The molecule has 0 radical (unpaired) electrons. The molecule has 20 heavy (non-hydrogen) atoms. The van der Waals surface area contributed by atoms with Crippen LogP contribution >= 0.6 is 0 Å². The van der Waals surface area contributed by atoms with Crippen LogP contribution in [-0.4, -0.2) is 38.1 Å². The molecule has 0 aliphatic carbocycles. The lowest BCUT2D eigenvalue weighted by atomic mass is 10.1. The quantitative estimate of drug-likeness (QED) is 0.855. The highest BCUT2D eigenvalue weighted by molar-refractivity contribution is 7.92. The molecule has 0 bridgehead atoms. The molecule has 0 unspecified atom stereocenters. The highest BCUT2D eigenvalue weighted by Crippen LogP contribution is 2.27. The van der Waals surface area contributed by atoms with Gasteiger partial charge in [-0.3, -0.25) is 4.79 Å². The molecule has 1 aromatic carbocycles. The predicted octanol–water partition coefficient (Wildman–Crippen LogP) is 2.17. The van der Waals surface area contributed by atoms with Crippen molar-refractivity contribution < 1.29 is 13.2 Å². The lowest BCUT2D eigenvalue weighted by Crippen LogP contribution is -2.41. The van der Waals surface area contributed by atoms with Crippen LogP contribution in [-0.2, 0) is 14.6 Å². The fourth-order valence-electron chi connectivity index (χ4n) is 2.58. The van der Waals surface area contributed by atoms with E-state index < -0.39 is 15.1 Å². The Labute approximate surface area is 120 Å². The van der Waals surface area contributed by atoms with Crippen molar-refractivity contribution in [3.8, 4) is 0 Å². The maximum absolute atomic E-state index is 12.7. The van der Waals surface area contributed by atoms with E-state index in [9.17, 15) is 13.2 Å². The fourth-order valence-corrected chi connectivity index (χ4v) is 3.94. The molecule has 110 valence electrons. The molecule has 1 aromatic rings. The van der Waals surface area contributed by atoms with E-state index in [0.29, 0.717) is 18.7 Å². The first-order valence-corrected chi connectivity index (χ1v) is 8.83. The molecule has 1 aliphatic rings. The Balaban J connectivity index is 2.34. The summed E-state index contributed by atoms with van der Waals surface area (Å²) in [4.78, 5) is 14.4. The summed E-state index contributed by atoms with van der Waals surface area (Å²) in [5, 5.41) is -1.05. The molecule has 5 heteroatoms. The first-order chi connectivity index (χ1) is 9.56. The number of piperidine rings is 1. The normalized spacial score (nSPS) is 17.8. The molecular weight excluding hydrogens is 274 g/mol. The number of amides is 1. The van der Waals surface area contributed by atoms with Crippen LogP contribution in [0.25, 0.3) is 0 Å². The topological polar surface area (TPSA) is 54.5 Å². The van der Waals surface area contributed by atoms with E-state index >= 15 is 0 Å². The Bertz CT molecular complexity index is 548. The van der Waals surface area contributed by atoms with Crippen LogP contribution in [0.1, 0.15) is 37.0 Å².